The summed E-state index contributed by atoms with van der Waals surface area (Å²) >= 11 is 1.68. The van der Waals surface area contributed by atoms with Gasteiger partial charge in [-0.3, -0.25) is 14.6 Å². The molecule has 1 amide bonds. The van der Waals surface area contributed by atoms with E-state index in [-0.39, 0.29) is 18.0 Å². The number of nitrogens with one attached hydrogen (secondary N) is 1. The molecule has 5 heteroatoms. The number of rotatable bonds is 7. The summed E-state index contributed by atoms with van der Waals surface area (Å²) in [6, 6.07) is 25.8. The molecule has 0 bridgehead atoms. The van der Waals surface area contributed by atoms with Gasteiger partial charge >= 0.3 is 0 Å². The van der Waals surface area contributed by atoms with Gasteiger partial charge in [0.1, 0.15) is 0 Å². The van der Waals surface area contributed by atoms with Crippen molar-refractivity contribution >= 4 is 17.2 Å². The van der Waals surface area contributed by atoms with E-state index in [0.29, 0.717) is 6.54 Å². The number of thiophene rings is 1. The Morgan fingerprint density at radius 3 is 2.03 bits per heavy atom. The van der Waals surface area contributed by atoms with E-state index < -0.39 is 0 Å². The molecule has 1 aromatic heterocycles. The van der Waals surface area contributed by atoms with E-state index in [0.717, 1.165) is 26.2 Å². The maximum Gasteiger partial charge on any atom is 0.234 e. The Hall–Kier alpha value is -2.47. The molecule has 30 heavy (non-hydrogen) atoms. The first-order valence-corrected chi connectivity index (χ1v) is 11.5. The summed E-state index contributed by atoms with van der Waals surface area (Å²) in [5.41, 5.74) is 2.64. The molecule has 0 aliphatic carbocycles. The molecule has 0 spiro atoms. The number of carbonyl (C=O) groups is 1. The van der Waals surface area contributed by atoms with Crippen molar-refractivity contribution in [3.8, 4) is 0 Å². The standard InChI is InChI=1S/C25H29N3OS/c1-20(23-13-8-18-30-23)26-24(29)19-27-14-16-28(17-15-27)25(21-9-4-2-5-10-21)22-11-6-3-7-12-22/h2-13,18,20,25H,14-17,19H2,1H3,(H,26,29). The third-order valence-electron chi connectivity index (χ3n) is 5.72. The fraction of sp³-hybridized carbons (Fsp3) is 0.320. The Morgan fingerprint density at radius 2 is 1.50 bits per heavy atom. The molecule has 1 saturated heterocycles. The highest BCUT2D eigenvalue weighted by Crippen LogP contribution is 2.29. The van der Waals surface area contributed by atoms with Crippen LogP contribution in [-0.4, -0.2) is 48.4 Å². The van der Waals surface area contributed by atoms with E-state index in [2.05, 4.69) is 81.8 Å². The summed E-state index contributed by atoms with van der Waals surface area (Å²) in [6.07, 6.45) is 0. The Bertz CT molecular complexity index is 867. The minimum Gasteiger partial charge on any atom is -0.348 e. The average Bonchev–Trinajstić information content (AvgIpc) is 3.32. The second-order valence-corrected chi connectivity index (χ2v) is 8.82. The fourth-order valence-corrected chi connectivity index (χ4v) is 4.90. The van der Waals surface area contributed by atoms with Crippen molar-refractivity contribution in [2.24, 2.45) is 0 Å². The van der Waals surface area contributed by atoms with Crippen molar-refractivity contribution < 1.29 is 4.79 Å². The topological polar surface area (TPSA) is 35.6 Å². The van der Waals surface area contributed by atoms with Gasteiger partial charge in [0.2, 0.25) is 5.91 Å². The minimum absolute atomic E-state index is 0.0688. The van der Waals surface area contributed by atoms with E-state index in [1.807, 2.05) is 18.4 Å². The third kappa shape index (κ3) is 5.17. The van der Waals surface area contributed by atoms with Crippen LogP contribution in [0.1, 0.15) is 35.0 Å². The summed E-state index contributed by atoms with van der Waals surface area (Å²) in [7, 11) is 0. The van der Waals surface area contributed by atoms with Gasteiger partial charge in [-0.05, 0) is 29.5 Å². The van der Waals surface area contributed by atoms with Gasteiger partial charge < -0.3 is 5.32 Å². The second-order valence-electron chi connectivity index (χ2n) is 7.84. The smallest absolute Gasteiger partial charge is 0.234 e. The van der Waals surface area contributed by atoms with Gasteiger partial charge in [0.15, 0.2) is 0 Å². The largest absolute Gasteiger partial charge is 0.348 e. The van der Waals surface area contributed by atoms with Gasteiger partial charge in [-0.2, -0.15) is 0 Å². The Morgan fingerprint density at radius 1 is 0.900 bits per heavy atom. The number of hydrogen-bond acceptors (Lipinski definition) is 4. The molecule has 1 N–H and O–H groups in total. The number of hydrogen-bond donors (Lipinski definition) is 1. The lowest BCUT2D eigenvalue weighted by Gasteiger charge is -2.39. The van der Waals surface area contributed by atoms with Crippen molar-refractivity contribution in [2.75, 3.05) is 32.7 Å². The second kappa shape index (κ2) is 10.0. The van der Waals surface area contributed by atoms with Crippen molar-refractivity contribution in [3.63, 3.8) is 0 Å². The van der Waals surface area contributed by atoms with Crippen LogP contribution in [0.4, 0.5) is 0 Å². The molecule has 2 aromatic carbocycles. The van der Waals surface area contributed by atoms with E-state index in [4.69, 9.17) is 0 Å². The summed E-state index contributed by atoms with van der Waals surface area (Å²) in [6.45, 7) is 6.20. The number of amides is 1. The van der Waals surface area contributed by atoms with Gasteiger partial charge in [0, 0.05) is 31.1 Å². The molecule has 0 radical (unpaired) electrons. The molecule has 1 atom stereocenters. The molecular formula is C25H29N3OS. The zero-order chi connectivity index (χ0) is 20.8. The molecule has 1 aliphatic heterocycles. The lowest BCUT2D eigenvalue weighted by atomic mass is 9.96. The number of carbonyl (C=O) groups excluding carboxylic acids is 1. The highest BCUT2D eigenvalue weighted by molar-refractivity contribution is 7.10. The summed E-state index contributed by atoms with van der Waals surface area (Å²) < 4.78 is 0. The van der Waals surface area contributed by atoms with Crippen molar-refractivity contribution in [1.29, 1.82) is 0 Å². The zero-order valence-electron chi connectivity index (χ0n) is 17.4. The lowest BCUT2D eigenvalue weighted by molar-refractivity contribution is -0.123. The summed E-state index contributed by atoms with van der Waals surface area (Å²) in [5, 5.41) is 5.18. The highest BCUT2D eigenvalue weighted by Gasteiger charge is 2.27. The molecule has 1 aliphatic rings. The fourth-order valence-electron chi connectivity index (χ4n) is 4.16. The molecular weight excluding hydrogens is 390 g/mol. The van der Waals surface area contributed by atoms with E-state index in [1.54, 1.807) is 11.3 Å². The predicted molar refractivity (Wildman–Crippen MR) is 124 cm³/mol. The van der Waals surface area contributed by atoms with Crippen LogP contribution in [0.2, 0.25) is 0 Å². The van der Waals surface area contributed by atoms with Gasteiger partial charge in [-0.15, -0.1) is 11.3 Å². The van der Waals surface area contributed by atoms with Crippen LogP contribution in [0.5, 0.6) is 0 Å². The molecule has 4 rings (SSSR count). The first-order chi connectivity index (χ1) is 14.7. The molecule has 156 valence electrons. The first kappa shape index (κ1) is 20.8. The normalized spacial score (nSPS) is 16.5. The Labute approximate surface area is 183 Å². The van der Waals surface area contributed by atoms with Crippen LogP contribution in [0, 0.1) is 0 Å². The van der Waals surface area contributed by atoms with Crippen LogP contribution >= 0.6 is 11.3 Å². The lowest BCUT2D eigenvalue weighted by Crippen LogP contribution is -2.50. The monoisotopic (exact) mass is 419 g/mol. The Balaban J connectivity index is 1.36. The molecule has 1 fully saturated rings. The number of nitrogens with zero attached hydrogens (tertiary/aromatic N) is 2. The van der Waals surface area contributed by atoms with Crippen LogP contribution in [0.25, 0.3) is 0 Å². The average molecular weight is 420 g/mol. The molecule has 2 heterocycles. The Kier molecular flexibility index (Phi) is 6.95. The van der Waals surface area contributed by atoms with Gasteiger partial charge in [-0.25, -0.2) is 0 Å². The van der Waals surface area contributed by atoms with Crippen molar-refractivity contribution in [3.05, 3.63) is 94.2 Å². The quantitative estimate of drug-likeness (QED) is 0.619. The SMILES string of the molecule is CC(NC(=O)CN1CCN(C(c2ccccc2)c2ccccc2)CC1)c1cccs1. The van der Waals surface area contributed by atoms with Gasteiger partial charge in [0.25, 0.3) is 0 Å². The predicted octanol–water partition coefficient (Wildman–Crippen LogP) is 4.33. The summed E-state index contributed by atoms with van der Waals surface area (Å²) in [5.74, 6) is 0.104. The summed E-state index contributed by atoms with van der Waals surface area (Å²) in [4.78, 5) is 18.5. The molecule has 4 nitrogen and oxygen atoms in total. The maximum atomic E-state index is 12.5. The van der Waals surface area contributed by atoms with E-state index in [1.165, 1.54) is 16.0 Å². The zero-order valence-corrected chi connectivity index (χ0v) is 18.2. The minimum atomic E-state index is 0.0688. The number of piperazine rings is 1. The van der Waals surface area contributed by atoms with Crippen molar-refractivity contribution in [1.82, 2.24) is 15.1 Å². The van der Waals surface area contributed by atoms with Crippen LogP contribution in [-0.2, 0) is 4.79 Å². The highest BCUT2D eigenvalue weighted by atomic mass is 32.1. The van der Waals surface area contributed by atoms with E-state index in [9.17, 15) is 4.79 Å². The van der Waals surface area contributed by atoms with Gasteiger partial charge in [-0.1, -0.05) is 66.7 Å². The van der Waals surface area contributed by atoms with Gasteiger partial charge in [0.05, 0.1) is 18.6 Å². The van der Waals surface area contributed by atoms with Crippen molar-refractivity contribution in [2.45, 2.75) is 19.0 Å². The maximum absolute atomic E-state index is 12.5. The first-order valence-electron chi connectivity index (χ1n) is 10.6. The molecule has 3 aromatic rings. The molecule has 1 unspecified atom stereocenters. The number of benzene rings is 2. The van der Waals surface area contributed by atoms with Crippen LogP contribution in [0.15, 0.2) is 78.2 Å². The third-order valence-corrected chi connectivity index (χ3v) is 6.77. The molecule has 0 saturated carbocycles. The van der Waals surface area contributed by atoms with E-state index >= 15 is 0 Å². The van der Waals surface area contributed by atoms with Crippen LogP contribution in [0.3, 0.4) is 0 Å². The van der Waals surface area contributed by atoms with Crippen LogP contribution < -0.4 is 5.32 Å².